The zero-order valence-corrected chi connectivity index (χ0v) is 25.0. The van der Waals surface area contributed by atoms with Crippen LogP contribution < -0.4 is 16.0 Å². The van der Waals surface area contributed by atoms with Crippen molar-refractivity contribution >= 4 is 17.7 Å². The van der Waals surface area contributed by atoms with Gasteiger partial charge in [0.25, 0.3) is 17.7 Å². The SMILES string of the molecule is Cc1c(F)cc(C(=O)NC2CC2)cc1-c1ccc(C(=O)NCC(C)(C)C)cc1C(=O)NCCCN1CCN(C)CC1. The van der Waals surface area contributed by atoms with Gasteiger partial charge in [0.05, 0.1) is 0 Å². The van der Waals surface area contributed by atoms with E-state index in [1.165, 1.54) is 6.07 Å². The second-order valence-electron chi connectivity index (χ2n) is 12.6. The maximum absolute atomic E-state index is 15.1. The van der Waals surface area contributed by atoms with Crippen molar-refractivity contribution < 1.29 is 18.8 Å². The summed E-state index contributed by atoms with van der Waals surface area (Å²) in [7, 11) is 2.12. The van der Waals surface area contributed by atoms with Crippen LogP contribution in [-0.4, -0.2) is 86.4 Å². The normalized spacial score (nSPS) is 16.3. The Labute approximate surface area is 243 Å². The summed E-state index contributed by atoms with van der Waals surface area (Å²) in [5.74, 6) is -1.47. The van der Waals surface area contributed by atoms with Crippen molar-refractivity contribution in [2.45, 2.75) is 53.0 Å². The van der Waals surface area contributed by atoms with E-state index in [1.54, 1.807) is 31.2 Å². The highest BCUT2D eigenvalue weighted by Crippen LogP contribution is 2.31. The molecule has 0 spiro atoms. The largest absolute Gasteiger partial charge is 0.352 e. The average Bonchev–Trinajstić information content (AvgIpc) is 3.75. The molecule has 2 aliphatic rings. The molecule has 0 bridgehead atoms. The van der Waals surface area contributed by atoms with E-state index >= 15 is 4.39 Å². The van der Waals surface area contributed by atoms with E-state index in [1.807, 2.05) is 20.8 Å². The van der Waals surface area contributed by atoms with E-state index in [0.717, 1.165) is 52.0 Å². The lowest BCUT2D eigenvalue weighted by Gasteiger charge is -2.32. The van der Waals surface area contributed by atoms with E-state index in [2.05, 4.69) is 32.8 Å². The predicted octanol–water partition coefficient (Wildman–Crippen LogP) is 3.84. The number of piperazine rings is 1. The Morgan fingerprint density at radius 3 is 2.27 bits per heavy atom. The van der Waals surface area contributed by atoms with Crippen molar-refractivity contribution in [1.29, 1.82) is 0 Å². The Bertz CT molecular complexity index is 1280. The van der Waals surface area contributed by atoms with Gasteiger partial charge < -0.3 is 25.8 Å². The van der Waals surface area contributed by atoms with Crippen LogP contribution in [0.4, 0.5) is 4.39 Å². The fraction of sp³-hybridized carbons (Fsp3) is 0.531. The summed E-state index contributed by atoms with van der Waals surface area (Å²) in [5, 5.41) is 8.84. The summed E-state index contributed by atoms with van der Waals surface area (Å²) in [6.45, 7) is 13.6. The lowest BCUT2D eigenvalue weighted by Crippen LogP contribution is -2.45. The number of carbonyl (C=O) groups is 3. The highest BCUT2D eigenvalue weighted by atomic mass is 19.1. The molecule has 3 N–H and O–H groups in total. The van der Waals surface area contributed by atoms with Crippen molar-refractivity contribution in [2.24, 2.45) is 5.41 Å². The lowest BCUT2D eigenvalue weighted by atomic mass is 9.91. The van der Waals surface area contributed by atoms with E-state index in [-0.39, 0.29) is 40.3 Å². The minimum Gasteiger partial charge on any atom is -0.352 e. The van der Waals surface area contributed by atoms with E-state index < -0.39 is 5.82 Å². The van der Waals surface area contributed by atoms with E-state index in [9.17, 15) is 14.4 Å². The molecular weight excluding hydrogens is 521 g/mol. The topological polar surface area (TPSA) is 93.8 Å². The maximum Gasteiger partial charge on any atom is 0.251 e. The average molecular weight is 566 g/mol. The van der Waals surface area contributed by atoms with Crippen LogP contribution in [0, 0.1) is 18.2 Å². The van der Waals surface area contributed by atoms with Crippen molar-refractivity contribution in [3.05, 3.63) is 58.4 Å². The first-order valence-corrected chi connectivity index (χ1v) is 14.6. The molecule has 4 rings (SSSR count). The van der Waals surface area contributed by atoms with Crippen molar-refractivity contribution in [3.63, 3.8) is 0 Å². The molecule has 0 atom stereocenters. The fourth-order valence-electron chi connectivity index (χ4n) is 4.81. The number of rotatable bonds is 10. The van der Waals surface area contributed by atoms with Crippen LogP contribution in [0.5, 0.6) is 0 Å². The smallest absolute Gasteiger partial charge is 0.251 e. The molecule has 0 unspecified atom stereocenters. The third kappa shape index (κ3) is 8.60. The number of hydrogen-bond acceptors (Lipinski definition) is 5. The lowest BCUT2D eigenvalue weighted by molar-refractivity contribution is 0.0934. The Kier molecular flexibility index (Phi) is 9.81. The Morgan fingerprint density at radius 1 is 0.902 bits per heavy atom. The molecule has 1 heterocycles. The van der Waals surface area contributed by atoms with Gasteiger partial charge in [0.15, 0.2) is 0 Å². The first-order valence-electron chi connectivity index (χ1n) is 14.6. The Balaban J connectivity index is 1.58. The summed E-state index contributed by atoms with van der Waals surface area (Å²) >= 11 is 0. The number of nitrogens with zero attached hydrogens (tertiary/aromatic N) is 2. The Hall–Kier alpha value is -3.30. The molecule has 2 fully saturated rings. The minimum absolute atomic E-state index is 0.101. The van der Waals surface area contributed by atoms with Gasteiger partial charge in [0.2, 0.25) is 0 Å². The first-order chi connectivity index (χ1) is 19.4. The molecule has 0 aromatic heterocycles. The number of halogens is 1. The van der Waals surface area contributed by atoms with Gasteiger partial charge in [-0.2, -0.15) is 0 Å². The van der Waals surface area contributed by atoms with Crippen molar-refractivity contribution in [2.75, 3.05) is 52.9 Å². The van der Waals surface area contributed by atoms with Crippen LogP contribution in [0.1, 0.15) is 76.7 Å². The molecule has 9 heteroatoms. The number of likely N-dealkylation sites (N-methyl/N-ethyl adjacent to an activating group) is 1. The van der Waals surface area contributed by atoms with Crippen LogP contribution in [0.2, 0.25) is 0 Å². The second-order valence-corrected chi connectivity index (χ2v) is 12.6. The summed E-state index contributed by atoms with van der Waals surface area (Å²) in [5.41, 5.74) is 2.00. The number of hydrogen-bond donors (Lipinski definition) is 3. The Morgan fingerprint density at radius 2 is 1.61 bits per heavy atom. The van der Waals surface area contributed by atoms with Crippen LogP contribution in [0.25, 0.3) is 11.1 Å². The van der Waals surface area contributed by atoms with Gasteiger partial charge in [-0.1, -0.05) is 26.8 Å². The number of nitrogens with one attached hydrogen (secondary N) is 3. The quantitative estimate of drug-likeness (QED) is 0.381. The number of benzene rings is 2. The molecular formula is C32H44FN5O3. The zero-order chi connectivity index (χ0) is 29.7. The number of carbonyl (C=O) groups excluding carboxylic acids is 3. The molecule has 1 aliphatic heterocycles. The molecule has 1 aliphatic carbocycles. The molecule has 3 amide bonds. The first kappa shape index (κ1) is 30.7. The monoisotopic (exact) mass is 565 g/mol. The van der Waals surface area contributed by atoms with Gasteiger partial charge in [-0.15, -0.1) is 0 Å². The molecule has 2 aromatic rings. The van der Waals surface area contributed by atoms with Gasteiger partial charge in [-0.3, -0.25) is 14.4 Å². The minimum atomic E-state index is -0.519. The number of amides is 3. The standard InChI is InChI=1S/C32H44FN5O3/c1-21-26(18-23(19-28(21)33)30(40)36-24-8-9-24)25-10-7-22(29(39)35-20-32(2,3)4)17-27(25)31(41)34-11-6-12-38-15-13-37(5)14-16-38/h7,10,17-19,24H,6,8-9,11-16,20H2,1-5H3,(H,34,41)(H,35,39)(H,36,40). The van der Waals surface area contributed by atoms with Crippen LogP contribution in [0.15, 0.2) is 30.3 Å². The van der Waals surface area contributed by atoms with Crippen LogP contribution in [-0.2, 0) is 0 Å². The maximum atomic E-state index is 15.1. The molecule has 0 radical (unpaired) electrons. The zero-order valence-electron chi connectivity index (χ0n) is 25.0. The van der Waals surface area contributed by atoms with Gasteiger partial charge in [0.1, 0.15) is 5.82 Å². The third-order valence-electron chi connectivity index (χ3n) is 7.65. The molecule has 2 aromatic carbocycles. The van der Waals surface area contributed by atoms with Crippen molar-refractivity contribution in [1.82, 2.24) is 25.8 Å². The van der Waals surface area contributed by atoms with E-state index in [4.69, 9.17) is 0 Å². The summed E-state index contributed by atoms with van der Waals surface area (Å²) < 4.78 is 15.1. The van der Waals surface area contributed by atoms with Gasteiger partial charge in [-0.05, 0) is 86.1 Å². The highest BCUT2D eigenvalue weighted by Gasteiger charge is 2.26. The summed E-state index contributed by atoms with van der Waals surface area (Å²) in [4.78, 5) is 44.0. The van der Waals surface area contributed by atoms with Crippen LogP contribution >= 0.6 is 0 Å². The highest BCUT2D eigenvalue weighted by molar-refractivity contribution is 6.05. The molecule has 41 heavy (non-hydrogen) atoms. The third-order valence-corrected chi connectivity index (χ3v) is 7.65. The fourth-order valence-corrected chi connectivity index (χ4v) is 4.81. The van der Waals surface area contributed by atoms with Gasteiger partial charge in [0, 0.05) is 62.0 Å². The van der Waals surface area contributed by atoms with E-state index in [0.29, 0.717) is 35.3 Å². The molecule has 1 saturated heterocycles. The molecule has 8 nitrogen and oxygen atoms in total. The molecule has 1 saturated carbocycles. The van der Waals surface area contributed by atoms with Gasteiger partial charge >= 0.3 is 0 Å². The summed E-state index contributed by atoms with van der Waals surface area (Å²) in [6.07, 6.45) is 2.64. The second kappa shape index (κ2) is 13.1. The van der Waals surface area contributed by atoms with Gasteiger partial charge in [-0.25, -0.2) is 4.39 Å². The van der Waals surface area contributed by atoms with Crippen molar-refractivity contribution in [3.8, 4) is 11.1 Å². The summed E-state index contributed by atoms with van der Waals surface area (Å²) in [6, 6.07) is 7.89. The molecule has 222 valence electrons. The van der Waals surface area contributed by atoms with Crippen LogP contribution in [0.3, 0.4) is 0 Å². The predicted molar refractivity (Wildman–Crippen MR) is 160 cm³/mol.